The topological polar surface area (TPSA) is 73.3 Å². The Hall–Kier alpha value is -2.16. The lowest BCUT2D eigenvalue weighted by atomic mass is 10.0. The molecule has 2 rings (SSSR count). The molecule has 0 spiro atoms. The molecular weight excluding hydrogens is 359 g/mol. The van der Waals surface area contributed by atoms with Crippen molar-refractivity contribution in [3.8, 4) is 11.3 Å². The van der Waals surface area contributed by atoms with Crippen molar-refractivity contribution in [3.05, 3.63) is 50.2 Å². The average Bonchev–Trinajstić information content (AvgIpc) is 2.85. The maximum atomic E-state index is 13.1. The van der Waals surface area contributed by atoms with Crippen molar-refractivity contribution >= 4 is 27.9 Å². The van der Waals surface area contributed by atoms with Gasteiger partial charge in [0.25, 0.3) is 5.69 Å². The van der Waals surface area contributed by atoms with Crippen molar-refractivity contribution in [1.82, 2.24) is 0 Å². The summed E-state index contributed by atoms with van der Waals surface area (Å²) in [5, 5.41) is 11.0. The summed E-state index contributed by atoms with van der Waals surface area (Å²) >= 11 is 2.81. The quantitative estimate of drug-likeness (QED) is 0.458. The number of nitro benzene ring substituents is 1. The third kappa shape index (κ3) is 2.97. The van der Waals surface area contributed by atoms with Crippen LogP contribution < -0.4 is 0 Å². The van der Waals surface area contributed by atoms with E-state index in [1.54, 1.807) is 0 Å². The molecule has 21 heavy (non-hydrogen) atoms. The lowest BCUT2D eigenvalue weighted by molar-refractivity contribution is -0.384. The third-order valence-corrected chi connectivity index (χ3v) is 3.03. The van der Waals surface area contributed by atoms with Crippen molar-refractivity contribution in [1.29, 1.82) is 0 Å². The Morgan fingerprint density at radius 2 is 1.95 bits per heavy atom. The standard InChI is InChI=1S/C12H5BrF3NO4/c13-6-3-8(12(14,15)16)11(9(4-6)17(19)20)10-2-1-7(5-18)21-10/h1-5H. The molecule has 9 heteroatoms. The van der Waals surface area contributed by atoms with Gasteiger partial charge in [0, 0.05) is 10.5 Å². The number of hydrogen-bond donors (Lipinski definition) is 0. The van der Waals surface area contributed by atoms with Gasteiger partial charge in [-0.15, -0.1) is 0 Å². The van der Waals surface area contributed by atoms with Gasteiger partial charge in [-0.3, -0.25) is 14.9 Å². The number of nitro groups is 1. The molecule has 0 aliphatic heterocycles. The van der Waals surface area contributed by atoms with Crippen molar-refractivity contribution in [2.24, 2.45) is 0 Å². The number of nitrogens with zero attached hydrogens (tertiary/aromatic N) is 1. The molecule has 0 saturated heterocycles. The summed E-state index contributed by atoms with van der Waals surface area (Å²) in [7, 11) is 0. The maximum Gasteiger partial charge on any atom is 0.417 e. The lowest BCUT2D eigenvalue weighted by Crippen LogP contribution is -2.09. The number of aldehydes is 1. The number of furan rings is 1. The number of halogens is 4. The van der Waals surface area contributed by atoms with E-state index in [1.165, 1.54) is 0 Å². The first kappa shape index (κ1) is 15.2. The zero-order valence-electron chi connectivity index (χ0n) is 9.98. The van der Waals surface area contributed by atoms with Crippen LogP contribution in [0.3, 0.4) is 0 Å². The molecule has 0 aliphatic carbocycles. The van der Waals surface area contributed by atoms with Crippen molar-refractivity contribution in [2.45, 2.75) is 6.18 Å². The molecule has 0 bridgehead atoms. The molecular formula is C12H5BrF3NO4. The summed E-state index contributed by atoms with van der Waals surface area (Å²) in [6, 6.07) is 3.86. The van der Waals surface area contributed by atoms with Gasteiger partial charge in [-0.25, -0.2) is 0 Å². The van der Waals surface area contributed by atoms with Gasteiger partial charge >= 0.3 is 6.18 Å². The molecule has 1 aromatic heterocycles. The predicted molar refractivity (Wildman–Crippen MR) is 68.9 cm³/mol. The smallest absolute Gasteiger partial charge is 0.417 e. The van der Waals surface area contributed by atoms with Crippen LogP contribution in [0.2, 0.25) is 0 Å². The van der Waals surface area contributed by atoms with Gasteiger partial charge in [0.1, 0.15) is 11.3 Å². The van der Waals surface area contributed by atoms with E-state index in [2.05, 4.69) is 15.9 Å². The van der Waals surface area contributed by atoms with E-state index >= 15 is 0 Å². The monoisotopic (exact) mass is 363 g/mol. The Labute approximate surface area is 123 Å². The molecule has 5 nitrogen and oxygen atoms in total. The number of carbonyl (C=O) groups excluding carboxylic acids is 1. The Morgan fingerprint density at radius 1 is 1.29 bits per heavy atom. The van der Waals surface area contributed by atoms with Gasteiger partial charge in [-0.05, 0) is 18.2 Å². The van der Waals surface area contributed by atoms with Crippen molar-refractivity contribution in [3.63, 3.8) is 0 Å². The van der Waals surface area contributed by atoms with Gasteiger partial charge < -0.3 is 4.42 Å². The molecule has 0 aliphatic rings. The van der Waals surface area contributed by atoms with Crippen LogP contribution in [0.25, 0.3) is 11.3 Å². The number of carbonyl (C=O) groups is 1. The van der Waals surface area contributed by atoms with Gasteiger partial charge in [0.05, 0.1) is 10.5 Å². The molecule has 0 saturated carbocycles. The molecule has 2 aromatic rings. The fourth-order valence-electron chi connectivity index (χ4n) is 1.77. The van der Waals surface area contributed by atoms with Crippen LogP contribution >= 0.6 is 15.9 Å². The zero-order valence-corrected chi connectivity index (χ0v) is 11.6. The summed E-state index contributed by atoms with van der Waals surface area (Å²) in [6.45, 7) is 0. The minimum Gasteiger partial charge on any atom is -0.453 e. The van der Waals surface area contributed by atoms with Crippen LogP contribution in [0, 0.1) is 10.1 Å². The van der Waals surface area contributed by atoms with Crippen LogP contribution in [0.15, 0.2) is 33.2 Å². The van der Waals surface area contributed by atoms with Crippen LogP contribution in [-0.2, 0) is 6.18 Å². The van der Waals surface area contributed by atoms with Crippen LogP contribution in [0.5, 0.6) is 0 Å². The van der Waals surface area contributed by atoms with Gasteiger partial charge in [0.15, 0.2) is 12.0 Å². The van der Waals surface area contributed by atoms with Crippen LogP contribution in [0.4, 0.5) is 18.9 Å². The van der Waals surface area contributed by atoms with E-state index in [-0.39, 0.29) is 10.2 Å². The molecule has 0 unspecified atom stereocenters. The van der Waals surface area contributed by atoms with Crippen molar-refractivity contribution in [2.75, 3.05) is 0 Å². The first-order valence-corrected chi connectivity index (χ1v) is 6.14. The van der Waals surface area contributed by atoms with Gasteiger partial charge in [-0.1, -0.05) is 15.9 Å². The highest BCUT2D eigenvalue weighted by atomic mass is 79.9. The molecule has 0 atom stereocenters. The Kier molecular flexibility index (Phi) is 3.86. The molecule has 110 valence electrons. The number of benzene rings is 1. The first-order valence-electron chi connectivity index (χ1n) is 5.34. The molecule has 0 amide bonds. The summed E-state index contributed by atoms with van der Waals surface area (Å²) in [5.74, 6) is -0.626. The predicted octanol–water partition coefficient (Wildman–Crippen LogP) is 4.45. The number of hydrogen-bond acceptors (Lipinski definition) is 4. The highest BCUT2D eigenvalue weighted by Gasteiger charge is 2.39. The summed E-state index contributed by atoms with van der Waals surface area (Å²) in [4.78, 5) is 20.6. The van der Waals surface area contributed by atoms with E-state index in [9.17, 15) is 28.1 Å². The number of alkyl halides is 3. The normalized spacial score (nSPS) is 11.4. The summed E-state index contributed by atoms with van der Waals surface area (Å²) in [6.07, 6.45) is -4.53. The van der Waals surface area contributed by atoms with Crippen molar-refractivity contribution < 1.29 is 27.3 Å². The maximum absolute atomic E-state index is 13.1. The second-order valence-corrected chi connectivity index (χ2v) is 4.84. The fraction of sp³-hybridized carbons (Fsp3) is 0.0833. The van der Waals surface area contributed by atoms with Gasteiger partial charge in [-0.2, -0.15) is 13.2 Å². The largest absolute Gasteiger partial charge is 0.453 e. The Bertz CT molecular complexity index is 724. The minimum atomic E-state index is -4.82. The van der Waals surface area contributed by atoms with E-state index < -0.39 is 33.7 Å². The molecule has 1 heterocycles. The minimum absolute atomic E-state index is 0.0903. The molecule has 0 fully saturated rings. The molecule has 1 aromatic carbocycles. The lowest BCUT2D eigenvalue weighted by Gasteiger charge is -2.12. The van der Waals surface area contributed by atoms with Crippen LogP contribution in [0.1, 0.15) is 16.1 Å². The van der Waals surface area contributed by atoms with E-state index in [0.717, 1.165) is 18.2 Å². The first-order chi connectivity index (χ1) is 9.74. The SMILES string of the molecule is O=Cc1ccc(-c2c([N+](=O)[O-])cc(Br)cc2C(F)(F)F)o1. The van der Waals surface area contributed by atoms with E-state index in [0.29, 0.717) is 12.4 Å². The van der Waals surface area contributed by atoms with E-state index in [4.69, 9.17) is 4.42 Å². The fourth-order valence-corrected chi connectivity index (χ4v) is 2.22. The molecule has 0 N–H and O–H groups in total. The highest BCUT2D eigenvalue weighted by Crippen LogP contribution is 2.44. The highest BCUT2D eigenvalue weighted by molar-refractivity contribution is 9.10. The second kappa shape index (κ2) is 5.32. The summed E-state index contributed by atoms with van der Waals surface area (Å²) < 4.78 is 44.1. The molecule has 0 radical (unpaired) electrons. The third-order valence-electron chi connectivity index (χ3n) is 2.57. The second-order valence-electron chi connectivity index (χ2n) is 3.92. The van der Waals surface area contributed by atoms with E-state index in [1.807, 2.05) is 0 Å². The Morgan fingerprint density at radius 3 is 2.43 bits per heavy atom. The average molecular weight is 364 g/mol. The van der Waals surface area contributed by atoms with Gasteiger partial charge in [0.2, 0.25) is 0 Å². The van der Waals surface area contributed by atoms with Crippen LogP contribution in [-0.4, -0.2) is 11.2 Å². The number of rotatable bonds is 3. The zero-order chi connectivity index (χ0) is 15.8. The summed E-state index contributed by atoms with van der Waals surface area (Å²) in [5.41, 5.74) is -2.72. The Balaban J connectivity index is 2.82.